The molecule has 1 aromatic carbocycles. The largest absolute Gasteiger partial charge is 0.478 e. The fourth-order valence-corrected chi connectivity index (χ4v) is 1.92. The van der Waals surface area contributed by atoms with Gasteiger partial charge in [0.2, 0.25) is 0 Å². The first-order valence-electron chi connectivity index (χ1n) is 3.80. The lowest BCUT2D eigenvalue weighted by molar-refractivity contribution is 0.0697. The van der Waals surface area contributed by atoms with Gasteiger partial charge in [0.25, 0.3) is 0 Å². The van der Waals surface area contributed by atoms with Gasteiger partial charge in [-0.15, -0.1) is 11.8 Å². The van der Waals surface area contributed by atoms with Crippen molar-refractivity contribution >= 4 is 29.3 Å². The molecular weight excluding hydrogens is 208 g/mol. The Morgan fingerprint density at radius 1 is 1.62 bits per heavy atom. The van der Waals surface area contributed by atoms with E-state index in [1.165, 1.54) is 6.07 Å². The number of thioether (sulfide) groups is 1. The Kier molecular flexibility index (Phi) is 3.63. The first-order chi connectivity index (χ1) is 6.15. The predicted octanol–water partition coefficient (Wildman–Crippen LogP) is 3.15. The van der Waals surface area contributed by atoms with Crippen LogP contribution in [0.1, 0.15) is 17.3 Å². The molecule has 0 unspecified atom stereocenters. The third kappa shape index (κ3) is 2.64. The van der Waals surface area contributed by atoms with Gasteiger partial charge in [-0.25, -0.2) is 4.79 Å². The number of aromatic carboxylic acids is 1. The van der Waals surface area contributed by atoms with Crippen LogP contribution in [0.2, 0.25) is 5.02 Å². The number of carboxylic acid groups (broad SMARTS) is 1. The van der Waals surface area contributed by atoms with Gasteiger partial charge in [0.05, 0.1) is 10.6 Å². The van der Waals surface area contributed by atoms with Crippen molar-refractivity contribution in [2.24, 2.45) is 0 Å². The van der Waals surface area contributed by atoms with Gasteiger partial charge in [0.1, 0.15) is 0 Å². The van der Waals surface area contributed by atoms with Crippen LogP contribution in [0, 0.1) is 0 Å². The fraction of sp³-hybridized carbons (Fsp3) is 0.222. The Bertz CT molecular complexity index is 325. The van der Waals surface area contributed by atoms with E-state index in [1.807, 2.05) is 6.92 Å². The van der Waals surface area contributed by atoms with E-state index in [2.05, 4.69) is 0 Å². The standard InChI is InChI=1S/C9H9ClO2S/c1-2-13-8-4-3-6(9(11)12)5-7(8)10/h3-5H,2H2,1H3,(H,11,12). The summed E-state index contributed by atoms with van der Waals surface area (Å²) < 4.78 is 0. The van der Waals surface area contributed by atoms with Crippen LogP contribution in [0.3, 0.4) is 0 Å². The number of benzene rings is 1. The molecule has 0 aliphatic carbocycles. The number of hydrogen-bond acceptors (Lipinski definition) is 2. The van der Waals surface area contributed by atoms with Crippen LogP contribution >= 0.6 is 23.4 Å². The topological polar surface area (TPSA) is 37.3 Å². The zero-order chi connectivity index (χ0) is 9.84. The molecule has 1 N–H and O–H groups in total. The van der Waals surface area contributed by atoms with Crippen molar-refractivity contribution in [3.63, 3.8) is 0 Å². The summed E-state index contributed by atoms with van der Waals surface area (Å²) >= 11 is 7.47. The smallest absolute Gasteiger partial charge is 0.335 e. The predicted molar refractivity (Wildman–Crippen MR) is 54.8 cm³/mol. The van der Waals surface area contributed by atoms with E-state index in [0.717, 1.165) is 10.6 Å². The molecule has 0 aliphatic rings. The monoisotopic (exact) mass is 216 g/mol. The van der Waals surface area contributed by atoms with Crippen LogP contribution in [0.15, 0.2) is 23.1 Å². The highest BCUT2D eigenvalue weighted by Gasteiger charge is 2.06. The number of halogens is 1. The first-order valence-corrected chi connectivity index (χ1v) is 5.17. The van der Waals surface area contributed by atoms with Crippen molar-refractivity contribution in [1.82, 2.24) is 0 Å². The minimum absolute atomic E-state index is 0.227. The average Bonchev–Trinajstić information content (AvgIpc) is 2.08. The molecule has 4 heteroatoms. The summed E-state index contributed by atoms with van der Waals surface area (Å²) in [5.74, 6) is -0.0264. The number of carboxylic acids is 1. The third-order valence-electron chi connectivity index (χ3n) is 1.48. The molecule has 1 aromatic rings. The molecule has 0 aliphatic heterocycles. The van der Waals surface area contributed by atoms with Gasteiger partial charge in [-0.2, -0.15) is 0 Å². The molecule has 0 amide bonds. The van der Waals surface area contributed by atoms with E-state index < -0.39 is 5.97 Å². The maximum Gasteiger partial charge on any atom is 0.335 e. The molecule has 0 radical (unpaired) electrons. The molecule has 2 nitrogen and oxygen atoms in total. The molecule has 0 spiro atoms. The second-order valence-corrected chi connectivity index (χ2v) is 4.10. The molecule has 1 rings (SSSR count). The number of hydrogen-bond donors (Lipinski definition) is 1. The average molecular weight is 217 g/mol. The number of rotatable bonds is 3. The van der Waals surface area contributed by atoms with Crippen LogP contribution in [0.4, 0.5) is 0 Å². The van der Waals surface area contributed by atoms with Crippen molar-refractivity contribution in [2.45, 2.75) is 11.8 Å². The Labute approximate surface area is 85.9 Å². The molecule has 0 saturated carbocycles. The van der Waals surface area contributed by atoms with Gasteiger partial charge < -0.3 is 5.11 Å². The second kappa shape index (κ2) is 4.53. The molecule has 0 aromatic heterocycles. The summed E-state index contributed by atoms with van der Waals surface area (Å²) in [5, 5.41) is 9.17. The summed E-state index contributed by atoms with van der Waals surface area (Å²) in [4.78, 5) is 11.5. The van der Waals surface area contributed by atoms with Gasteiger partial charge in [-0.3, -0.25) is 0 Å². The Balaban J connectivity index is 2.98. The van der Waals surface area contributed by atoms with Crippen LogP contribution in [-0.2, 0) is 0 Å². The second-order valence-electron chi connectivity index (χ2n) is 2.38. The molecule has 0 bridgehead atoms. The normalized spacial score (nSPS) is 10.0. The first kappa shape index (κ1) is 10.4. The lowest BCUT2D eigenvalue weighted by Crippen LogP contribution is -1.95. The van der Waals surface area contributed by atoms with Crippen molar-refractivity contribution in [3.8, 4) is 0 Å². The van der Waals surface area contributed by atoms with Gasteiger partial charge in [0.15, 0.2) is 0 Å². The molecular formula is C9H9ClO2S. The van der Waals surface area contributed by atoms with E-state index in [9.17, 15) is 4.79 Å². The molecule has 70 valence electrons. The van der Waals surface area contributed by atoms with E-state index in [4.69, 9.17) is 16.7 Å². The van der Waals surface area contributed by atoms with Crippen LogP contribution in [0.25, 0.3) is 0 Å². The highest BCUT2D eigenvalue weighted by atomic mass is 35.5. The maximum absolute atomic E-state index is 10.6. The van der Waals surface area contributed by atoms with Crippen LogP contribution in [-0.4, -0.2) is 16.8 Å². The van der Waals surface area contributed by atoms with Gasteiger partial charge in [-0.05, 0) is 24.0 Å². The summed E-state index contributed by atoms with van der Waals surface area (Å²) in [6.07, 6.45) is 0. The maximum atomic E-state index is 10.6. The highest BCUT2D eigenvalue weighted by Crippen LogP contribution is 2.27. The van der Waals surface area contributed by atoms with Crippen molar-refractivity contribution in [1.29, 1.82) is 0 Å². The fourth-order valence-electron chi connectivity index (χ4n) is 0.906. The lowest BCUT2D eigenvalue weighted by atomic mass is 10.2. The molecule has 0 heterocycles. The van der Waals surface area contributed by atoms with Gasteiger partial charge in [0, 0.05) is 4.90 Å². The minimum atomic E-state index is -0.949. The summed E-state index contributed by atoms with van der Waals surface area (Å²) in [7, 11) is 0. The summed E-state index contributed by atoms with van der Waals surface area (Å²) in [6, 6.07) is 4.77. The summed E-state index contributed by atoms with van der Waals surface area (Å²) in [6.45, 7) is 2.02. The Morgan fingerprint density at radius 2 is 2.31 bits per heavy atom. The van der Waals surface area contributed by atoms with E-state index in [1.54, 1.807) is 23.9 Å². The van der Waals surface area contributed by atoms with Crippen molar-refractivity contribution in [3.05, 3.63) is 28.8 Å². The molecule has 0 saturated heterocycles. The van der Waals surface area contributed by atoms with E-state index in [-0.39, 0.29) is 5.56 Å². The third-order valence-corrected chi connectivity index (χ3v) is 2.86. The van der Waals surface area contributed by atoms with E-state index >= 15 is 0 Å². The lowest BCUT2D eigenvalue weighted by Gasteiger charge is -2.02. The number of carbonyl (C=O) groups is 1. The summed E-state index contributed by atoms with van der Waals surface area (Å²) in [5.41, 5.74) is 0.227. The zero-order valence-electron chi connectivity index (χ0n) is 7.08. The van der Waals surface area contributed by atoms with E-state index in [0.29, 0.717) is 5.02 Å². The minimum Gasteiger partial charge on any atom is -0.478 e. The molecule has 0 atom stereocenters. The van der Waals surface area contributed by atoms with Gasteiger partial charge in [-0.1, -0.05) is 18.5 Å². The van der Waals surface area contributed by atoms with Gasteiger partial charge >= 0.3 is 5.97 Å². The van der Waals surface area contributed by atoms with Crippen molar-refractivity contribution < 1.29 is 9.90 Å². The zero-order valence-corrected chi connectivity index (χ0v) is 8.65. The van der Waals surface area contributed by atoms with Crippen LogP contribution < -0.4 is 0 Å². The quantitative estimate of drug-likeness (QED) is 0.789. The molecule has 0 fully saturated rings. The van der Waals surface area contributed by atoms with Crippen LogP contribution in [0.5, 0.6) is 0 Å². The molecule has 13 heavy (non-hydrogen) atoms. The Morgan fingerprint density at radius 3 is 2.77 bits per heavy atom. The highest BCUT2D eigenvalue weighted by molar-refractivity contribution is 7.99. The van der Waals surface area contributed by atoms with Crippen molar-refractivity contribution in [2.75, 3.05) is 5.75 Å². The Hall–Kier alpha value is -0.670. The SMILES string of the molecule is CCSc1ccc(C(=O)O)cc1Cl.